The van der Waals surface area contributed by atoms with Gasteiger partial charge in [0.1, 0.15) is 0 Å². The molecule has 0 aromatic carbocycles. The Balaban J connectivity index is 4.70. The van der Waals surface area contributed by atoms with Crippen molar-refractivity contribution in [3.05, 3.63) is 24.3 Å². The van der Waals surface area contributed by atoms with E-state index in [1.165, 1.54) is 0 Å². The molecule has 0 bridgehead atoms. The molecule has 0 aliphatic carbocycles. The van der Waals surface area contributed by atoms with Gasteiger partial charge in [-0.15, -0.1) is 0 Å². The van der Waals surface area contributed by atoms with E-state index in [-0.39, 0.29) is 18.2 Å². The van der Waals surface area contributed by atoms with Crippen LogP contribution in [0.2, 0.25) is 0 Å². The Morgan fingerprint density at radius 1 is 1.19 bits per heavy atom. The molecule has 3 N–H and O–H groups in total. The zero-order valence-electron chi connectivity index (χ0n) is 17.2. The summed E-state index contributed by atoms with van der Waals surface area (Å²) in [4.78, 5) is 23.7. The number of hydrogen-bond donors (Lipinski definition) is 3. The molecule has 1 amide bonds. The van der Waals surface area contributed by atoms with Crippen LogP contribution in [-0.4, -0.2) is 30.2 Å². The second-order valence-electron chi connectivity index (χ2n) is 7.49. The molecule has 0 aromatic heterocycles. The van der Waals surface area contributed by atoms with Crippen LogP contribution in [0.25, 0.3) is 0 Å². The predicted molar refractivity (Wildman–Crippen MR) is 108 cm³/mol. The Labute approximate surface area is 159 Å². The Morgan fingerprint density at radius 3 is 2.42 bits per heavy atom. The van der Waals surface area contributed by atoms with E-state index in [1.54, 1.807) is 0 Å². The first-order valence-corrected chi connectivity index (χ1v) is 9.75. The lowest BCUT2D eigenvalue weighted by Crippen LogP contribution is -2.36. The summed E-state index contributed by atoms with van der Waals surface area (Å²) in [6, 6.07) is 0. The minimum atomic E-state index is -0.914. The second kappa shape index (κ2) is 13.6. The number of carbonyl (C=O) groups is 2. The number of carbonyl (C=O) groups excluding carboxylic acids is 1. The smallest absolute Gasteiger partial charge is 0.307 e. The molecule has 0 fully saturated rings. The van der Waals surface area contributed by atoms with Gasteiger partial charge in [0.05, 0.1) is 12.6 Å². The molecule has 5 nitrogen and oxygen atoms in total. The average Bonchev–Trinajstić information content (AvgIpc) is 2.58. The topological polar surface area (TPSA) is 78.4 Å². The van der Waals surface area contributed by atoms with Crippen LogP contribution in [-0.2, 0) is 9.59 Å². The van der Waals surface area contributed by atoms with Gasteiger partial charge in [0, 0.05) is 6.42 Å². The first-order chi connectivity index (χ1) is 12.3. The Hall–Kier alpha value is -1.62. The van der Waals surface area contributed by atoms with Crippen LogP contribution in [0, 0.1) is 17.3 Å². The minimum Gasteiger partial charge on any atom is -0.481 e. The molecule has 0 heterocycles. The molecule has 0 rings (SSSR count). The number of nitrogens with one attached hydrogen (secondary N) is 2. The van der Waals surface area contributed by atoms with Gasteiger partial charge < -0.3 is 15.7 Å². The van der Waals surface area contributed by atoms with E-state index < -0.39 is 11.9 Å². The van der Waals surface area contributed by atoms with Crippen molar-refractivity contribution in [2.24, 2.45) is 17.3 Å². The first kappa shape index (κ1) is 24.4. The third-order valence-corrected chi connectivity index (χ3v) is 4.80. The van der Waals surface area contributed by atoms with Gasteiger partial charge in [0.25, 0.3) is 0 Å². The molecule has 26 heavy (non-hydrogen) atoms. The van der Waals surface area contributed by atoms with Crippen molar-refractivity contribution in [3.63, 3.8) is 0 Å². The SMILES string of the molecule is C/C=C/C(CC/C=C/CC(C)(C)CC)C(CC(=O)NCNCC)C(=O)O. The normalized spacial score (nSPS) is 14.7. The van der Waals surface area contributed by atoms with E-state index in [0.29, 0.717) is 12.1 Å². The van der Waals surface area contributed by atoms with Crippen LogP contribution in [0.5, 0.6) is 0 Å². The molecule has 0 saturated carbocycles. The van der Waals surface area contributed by atoms with E-state index in [2.05, 4.69) is 43.6 Å². The maximum Gasteiger partial charge on any atom is 0.307 e. The number of amides is 1. The van der Waals surface area contributed by atoms with Gasteiger partial charge in [-0.3, -0.25) is 9.59 Å². The van der Waals surface area contributed by atoms with Crippen LogP contribution in [0.4, 0.5) is 0 Å². The lowest BCUT2D eigenvalue weighted by molar-refractivity contribution is -0.145. The molecule has 0 saturated heterocycles. The second-order valence-corrected chi connectivity index (χ2v) is 7.49. The van der Waals surface area contributed by atoms with Crippen LogP contribution >= 0.6 is 0 Å². The molecule has 0 aromatic rings. The van der Waals surface area contributed by atoms with Crippen molar-refractivity contribution in [2.75, 3.05) is 13.2 Å². The number of carboxylic acid groups (broad SMARTS) is 1. The summed E-state index contributed by atoms with van der Waals surface area (Å²) in [5.74, 6) is -1.99. The van der Waals surface area contributed by atoms with E-state index in [9.17, 15) is 14.7 Å². The molecule has 0 spiro atoms. The van der Waals surface area contributed by atoms with Crippen molar-refractivity contribution in [2.45, 2.75) is 66.7 Å². The van der Waals surface area contributed by atoms with Crippen molar-refractivity contribution in [3.8, 4) is 0 Å². The Morgan fingerprint density at radius 2 is 1.88 bits per heavy atom. The highest BCUT2D eigenvalue weighted by atomic mass is 16.4. The largest absolute Gasteiger partial charge is 0.481 e. The monoisotopic (exact) mass is 366 g/mol. The van der Waals surface area contributed by atoms with Crippen molar-refractivity contribution in [1.29, 1.82) is 0 Å². The molecular weight excluding hydrogens is 328 g/mol. The molecule has 0 aliphatic rings. The van der Waals surface area contributed by atoms with E-state index in [1.807, 2.05) is 26.0 Å². The maximum atomic E-state index is 12.0. The quantitative estimate of drug-likeness (QED) is 0.245. The van der Waals surface area contributed by atoms with Gasteiger partial charge in [0.15, 0.2) is 0 Å². The van der Waals surface area contributed by atoms with Gasteiger partial charge in [-0.25, -0.2) is 0 Å². The lowest BCUT2D eigenvalue weighted by atomic mass is 9.84. The molecule has 150 valence electrons. The first-order valence-electron chi connectivity index (χ1n) is 9.75. The number of hydrogen-bond acceptors (Lipinski definition) is 3. The van der Waals surface area contributed by atoms with Gasteiger partial charge in [-0.2, -0.15) is 0 Å². The highest BCUT2D eigenvalue weighted by Crippen LogP contribution is 2.26. The summed E-state index contributed by atoms with van der Waals surface area (Å²) in [6.45, 7) is 11.6. The number of allylic oxidation sites excluding steroid dienone is 4. The van der Waals surface area contributed by atoms with Crippen molar-refractivity contribution >= 4 is 11.9 Å². The molecule has 2 atom stereocenters. The Bertz CT molecular complexity index is 470. The molecule has 0 radical (unpaired) electrons. The third kappa shape index (κ3) is 11.1. The minimum absolute atomic E-state index is 0.00230. The summed E-state index contributed by atoms with van der Waals surface area (Å²) in [5.41, 5.74) is 0.299. The number of rotatable bonds is 14. The van der Waals surface area contributed by atoms with E-state index in [4.69, 9.17) is 0 Å². The summed E-state index contributed by atoms with van der Waals surface area (Å²) in [6.07, 6.45) is 11.8. The van der Waals surface area contributed by atoms with Gasteiger partial charge >= 0.3 is 5.97 Å². The van der Waals surface area contributed by atoms with Crippen LogP contribution in [0.15, 0.2) is 24.3 Å². The summed E-state index contributed by atoms with van der Waals surface area (Å²) >= 11 is 0. The zero-order valence-corrected chi connectivity index (χ0v) is 17.2. The molecular formula is C21H38N2O3. The fraction of sp³-hybridized carbons (Fsp3) is 0.714. The van der Waals surface area contributed by atoms with E-state index in [0.717, 1.165) is 32.2 Å². The van der Waals surface area contributed by atoms with E-state index >= 15 is 0 Å². The fourth-order valence-electron chi connectivity index (χ4n) is 2.61. The van der Waals surface area contributed by atoms with Gasteiger partial charge in [-0.1, -0.05) is 58.4 Å². The highest BCUT2D eigenvalue weighted by molar-refractivity contribution is 5.82. The summed E-state index contributed by atoms with van der Waals surface area (Å²) in [7, 11) is 0. The predicted octanol–water partition coefficient (Wildman–Crippen LogP) is 4.12. The third-order valence-electron chi connectivity index (χ3n) is 4.80. The van der Waals surface area contributed by atoms with Crippen LogP contribution in [0.3, 0.4) is 0 Å². The molecule has 2 unspecified atom stereocenters. The Kier molecular flexibility index (Phi) is 12.7. The highest BCUT2D eigenvalue weighted by Gasteiger charge is 2.28. The van der Waals surface area contributed by atoms with Crippen LogP contribution < -0.4 is 10.6 Å². The van der Waals surface area contributed by atoms with Gasteiger partial charge in [-0.05, 0) is 44.1 Å². The fourth-order valence-corrected chi connectivity index (χ4v) is 2.61. The molecule has 5 heteroatoms. The van der Waals surface area contributed by atoms with Crippen molar-refractivity contribution < 1.29 is 14.7 Å². The summed E-state index contributed by atoms with van der Waals surface area (Å²) < 4.78 is 0. The lowest BCUT2D eigenvalue weighted by Gasteiger charge is -2.21. The van der Waals surface area contributed by atoms with Crippen LogP contribution in [0.1, 0.15) is 66.7 Å². The molecule has 0 aliphatic heterocycles. The average molecular weight is 367 g/mol. The van der Waals surface area contributed by atoms with Crippen molar-refractivity contribution in [1.82, 2.24) is 10.6 Å². The maximum absolute atomic E-state index is 12.0. The van der Waals surface area contributed by atoms with Gasteiger partial charge in [0.2, 0.25) is 5.91 Å². The standard InChI is InChI=1S/C21H38N2O3/c1-6-12-17(13-10-9-11-14-21(4,5)7-2)18(20(25)26)15-19(24)23-16-22-8-3/h6,9,11-12,17-18,22H,7-8,10,13-16H2,1-5H3,(H,23,24)(H,25,26)/b11-9+,12-6+. The zero-order chi connectivity index (χ0) is 20.0. The number of aliphatic carboxylic acids is 1. The summed E-state index contributed by atoms with van der Waals surface area (Å²) in [5, 5.41) is 15.3. The number of carboxylic acids is 1.